The molecule has 1 aliphatic heterocycles. The molecule has 0 bridgehead atoms. The van der Waals surface area contributed by atoms with Crippen molar-refractivity contribution in [1.29, 1.82) is 5.41 Å². The van der Waals surface area contributed by atoms with Crippen LogP contribution >= 0.6 is 23.5 Å². The van der Waals surface area contributed by atoms with Crippen molar-refractivity contribution in [3.05, 3.63) is 117 Å². The fourth-order valence-electron chi connectivity index (χ4n) is 8.28. The maximum atomic E-state index is 13.8. The quantitative estimate of drug-likeness (QED) is 0.0419. The average molecular weight is 791 g/mol. The van der Waals surface area contributed by atoms with Gasteiger partial charge in [0.15, 0.2) is 0 Å². The minimum Gasteiger partial charge on any atom is -0.455 e. The van der Waals surface area contributed by atoms with Gasteiger partial charge in [-0.1, -0.05) is 35.7 Å². The predicted molar refractivity (Wildman–Crippen MR) is 224 cm³/mol. The highest BCUT2D eigenvalue weighted by atomic mass is 35.5. The highest BCUT2D eigenvalue weighted by molar-refractivity contribution is 7.98. The molecular formula is C42H43ClN8O4S. The maximum absolute atomic E-state index is 13.8. The monoisotopic (exact) mass is 790 g/mol. The van der Waals surface area contributed by atoms with E-state index in [2.05, 4.69) is 41.9 Å². The molecule has 1 spiro atoms. The van der Waals surface area contributed by atoms with E-state index < -0.39 is 10.8 Å². The number of anilines is 2. The highest BCUT2D eigenvalue weighted by Gasteiger charge is 2.41. The number of hydrogen-bond acceptors (Lipinski definition) is 10. The number of halogens is 1. The van der Waals surface area contributed by atoms with Crippen molar-refractivity contribution in [2.24, 2.45) is 5.41 Å². The summed E-state index contributed by atoms with van der Waals surface area (Å²) in [5, 5.41) is 24.0. The van der Waals surface area contributed by atoms with Gasteiger partial charge in [-0.3, -0.25) is 24.5 Å². The van der Waals surface area contributed by atoms with Gasteiger partial charge in [0.2, 0.25) is 0 Å². The molecular weight excluding hydrogens is 748 g/mol. The number of nitro groups is 1. The van der Waals surface area contributed by atoms with Crippen LogP contribution in [0.1, 0.15) is 60.0 Å². The molecule has 3 heterocycles. The Kier molecular flexibility index (Phi) is 10.7. The fourth-order valence-corrected chi connectivity index (χ4v) is 9.08. The van der Waals surface area contributed by atoms with Gasteiger partial charge in [0.1, 0.15) is 22.8 Å². The number of ether oxygens (including phenoxy) is 1. The van der Waals surface area contributed by atoms with E-state index >= 15 is 0 Å². The number of amides is 1. The molecule has 56 heavy (non-hydrogen) atoms. The zero-order valence-corrected chi connectivity index (χ0v) is 32.6. The third kappa shape index (κ3) is 7.84. The lowest BCUT2D eigenvalue weighted by Crippen LogP contribution is -2.47. The molecule has 0 atom stereocenters. The number of benzene rings is 3. The molecule has 3 aliphatic rings. The van der Waals surface area contributed by atoms with Gasteiger partial charge in [0.25, 0.3) is 11.6 Å². The lowest BCUT2D eigenvalue weighted by molar-refractivity contribution is -0.384. The van der Waals surface area contributed by atoms with Crippen LogP contribution < -0.4 is 19.7 Å². The van der Waals surface area contributed by atoms with Crippen molar-refractivity contribution < 1.29 is 14.5 Å². The molecule has 0 radical (unpaired) electrons. The largest absolute Gasteiger partial charge is 0.455 e. The molecule has 5 aromatic rings. The van der Waals surface area contributed by atoms with Crippen LogP contribution in [0.25, 0.3) is 16.6 Å². The summed E-state index contributed by atoms with van der Waals surface area (Å²) in [6.45, 7) is 4.41. The molecule has 8 rings (SSSR count). The molecule has 2 aliphatic carbocycles. The number of H-pyrrole nitrogens is 1. The van der Waals surface area contributed by atoms with Gasteiger partial charge in [0, 0.05) is 90.9 Å². The highest BCUT2D eigenvalue weighted by Crippen LogP contribution is 2.55. The van der Waals surface area contributed by atoms with E-state index in [0.717, 1.165) is 85.5 Å². The second-order valence-electron chi connectivity index (χ2n) is 14.8. The Morgan fingerprint density at radius 1 is 1.09 bits per heavy atom. The Morgan fingerprint density at radius 3 is 2.61 bits per heavy atom. The second-order valence-corrected chi connectivity index (χ2v) is 16.2. The molecule has 288 valence electrons. The lowest BCUT2D eigenvalue weighted by atomic mass is 9.59. The number of pyridine rings is 1. The van der Waals surface area contributed by atoms with Gasteiger partial charge in [-0.2, -0.15) is 0 Å². The van der Waals surface area contributed by atoms with Gasteiger partial charge in [-0.05, 0) is 103 Å². The third-order valence-corrected chi connectivity index (χ3v) is 12.5. The van der Waals surface area contributed by atoms with Gasteiger partial charge < -0.3 is 25.3 Å². The predicted octanol–water partition coefficient (Wildman–Crippen LogP) is 9.32. The molecule has 4 N–H and O–H groups in total. The summed E-state index contributed by atoms with van der Waals surface area (Å²) in [5.74, 6) is 0.409. The van der Waals surface area contributed by atoms with Crippen molar-refractivity contribution in [3.8, 4) is 11.5 Å². The van der Waals surface area contributed by atoms with Gasteiger partial charge in [-0.15, -0.1) is 0 Å². The van der Waals surface area contributed by atoms with Crippen LogP contribution in [0.2, 0.25) is 5.02 Å². The zero-order chi connectivity index (χ0) is 38.8. The topological polar surface area (TPSA) is 153 Å². The molecule has 3 aromatic carbocycles. The molecule has 12 nitrogen and oxygen atoms in total. The van der Waals surface area contributed by atoms with Crippen molar-refractivity contribution in [2.45, 2.75) is 43.4 Å². The minimum absolute atomic E-state index is 0.189. The van der Waals surface area contributed by atoms with E-state index in [-0.39, 0.29) is 11.4 Å². The number of allylic oxidation sites excluding steroid dienone is 1. The molecule has 1 saturated heterocycles. The Labute approximate surface area is 334 Å². The first kappa shape index (κ1) is 37.5. The van der Waals surface area contributed by atoms with Crippen LogP contribution in [0, 0.1) is 20.9 Å². The van der Waals surface area contributed by atoms with Gasteiger partial charge in [0.05, 0.1) is 16.7 Å². The summed E-state index contributed by atoms with van der Waals surface area (Å²) >= 11 is 7.21. The fraction of sp³-hybridized carbons (Fsp3) is 0.310. The number of nitrogens with one attached hydrogen (secondary N) is 4. The number of piperazine rings is 1. The van der Waals surface area contributed by atoms with E-state index in [4.69, 9.17) is 21.7 Å². The van der Waals surface area contributed by atoms with E-state index in [9.17, 15) is 14.9 Å². The summed E-state index contributed by atoms with van der Waals surface area (Å²) in [7, 11) is 1.57. The number of hydrogen-bond donors (Lipinski definition) is 4. The van der Waals surface area contributed by atoms with Crippen LogP contribution in [0.5, 0.6) is 11.5 Å². The summed E-state index contributed by atoms with van der Waals surface area (Å²) in [5.41, 5.74) is 7.19. The normalized spacial score (nSPS) is 16.8. The first-order valence-corrected chi connectivity index (χ1v) is 20.1. The first-order chi connectivity index (χ1) is 27.2. The van der Waals surface area contributed by atoms with Crippen LogP contribution in [0.4, 0.5) is 17.1 Å². The number of nitro benzene ring substituents is 1. The van der Waals surface area contributed by atoms with Gasteiger partial charge in [-0.25, -0.2) is 4.98 Å². The molecule has 0 unspecified atom stereocenters. The van der Waals surface area contributed by atoms with E-state index in [1.54, 1.807) is 31.0 Å². The van der Waals surface area contributed by atoms with Crippen molar-refractivity contribution in [2.75, 3.05) is 50.0 Å². The Bertz CT molecular complexity index is 2330. The van der Waals surface area contributed by atoms with Crippen molar-refractivity contribution in [1.82, 2.24) is 19.6 Å². The smallest absolute Gasteiger partial charge is 0.294 e. The summed E-state index contributed by atoms with van der Waals surface area (Å²) in [6.07, 6.45) is 12.1. The first-order valence-electron chi connectivity index (χ1n) is 18.9. The number of aromatic nitrogens is 2. The number of carbonyl (C=O) groups is 1. The van der Waals surface area contributed by atoms with Crippen LogP contribution in [0.15, 0.2) is 89.6 Å². The van der Waals surface area contributed by atoms with Gasteiger partial charge >= 0.3 is 0 Å². The standard InChI is InChI=1S/C42H43ClN8O4S/c1-45-39-30(24-44)20-34(22-37(39)51(53)54)56-48-41(52)35-8-7-32(21-38(35)55-33-19-28-10-14-46-40(28)47-25-33)50-17-15-49(16-18-50)26-29-9-13-42(11-2-12-42)23-36(29)27-3-5-31(43)6-4-27/h3-8,10,14,19-22,24-25,44-45H,2,9,11-13,15-18,23,26H2,1H3,(H,46,47)(H,48,52). The summed E-state index contributed by atoms with van der Waals surface area (Å²) in [6, 6.07) is 20.7. The van der Waals surface area contributed by atoms with E-state index in [0.29, 0.717) is 32.9 Å². The number of carbonyl (C=O) groups excluding carboxylic acids is 1. The molecule has 2 aromatic heterocycles. The molecule has 14 heteroatoms. The Morgan fingerprint density at radius 2 is 1.89 bits per heavy atom. The van der Waals surface area contributed by atoms with Crippen molar-refractivity contribution in [3.63, 3.8) is 0 Å². The maximum Gasteiger partial charge on any atom is 0.294 e. The SMILES string of the molecule is CNc1c(C=N)cc(SNC(=O)c2ccc(N3CCN(CC4=C(c5ccc(Cl)cc5)CC5(CCC5)CC4)CC3)cc2Oc2cnc3[nH]ccc3c2)cc1[N+](=O)[O-]. The Balaban J connectivity index is 1.00. The number of aromatic amines is 1. The average Bonchev–Trinajstić information content (AvgIpc) is 3.68. The molecule has 2 fully saturated rings. The third-order valence-electron chi connectivity index (χ3n) is 11.5. The number of nitrogens with zero attached hydrogens (tertiary/aromatic N) is 4. The Hall–Kier alpha value is -5.37. The summed E-state index contributed by atoms with van der Waals surface area (Å²) in [4.78, 5) is 37.9. The number of fused-ring (bicyclic) bond motifs is 1. The lowest BCUT2D eigenvalue weighted by Gasteiger charge is -2.47. The van der Waals surface area contributed by atoms with Crippen molar-refractivity contribution >= 4 is 69.3 Å². The number of rotatable bonds is 12. The molecule has 1 amide bonds. The summed E-state index contributed by atoms with van der Waals surface area (Å²) < 4.78 is 9.22. The minimum atomic E-state index is -0.513. The van der Waals surface area contributed by atoms with Crippen LogP contribution in [-0.2, 0) is 0 Å². The van der Waals surface area contributed by atoms with Crippen LogP contribution in [0.3, 0.4) is 0 Å². The zero-order valence-electron chi connectivity index (χ0n) is 31.1. The molecule has 1 saturated carbocycles. The second kappa shape index (κ2) is 16.0. The van der Waals surface area contributed by atoms with Crippen LogP contribution in [-0.4, -0.2) is 71.7 Å². The van der Waals surface area contributed by atoms with E-state index in [1.165, 1.54) is 42.9 Å². The van der Waals surface area contributed by atoms with E-state index in [1.807, 2.05) is 42.6 Å².